The Balaban J connectivity index is 1.90. The summed E-state index contributed by atoms with van der Waals surface area (Å²) in [5, 5.41) is 20.0. The van der Waals surface area contributed by atoms with Gasteiger partial charge in [-0.15, -0.1) is 22.7 Å². The molecule has 0 amide bonds. The molecular weight excluding hydrogens is 424 g/mol. The summed E-state index contributed by atoms with van der Waals surface area (Å²) in [6.07, 6.45) is 0. The SMILES string of the molecule is O=C(O)c1ccc2c(=O)c3cc4sc5ccc(C(=O)O)cc5c(=O)c4cc3sc2c1. The highest BCUT2D eigenvalue weighted by atomic mass is 32.1. The lowest BCUT2D eigenvalue weighted by Gasteiger charge is -2.06. The third-order valence-electron chi connectivity index (χ3n) is 4.96. The summed E-state index contributed by atoms with van der Waals surface area (Å²) in [6, 6.07) is 12.1. The predicted octanol–water partition coefficient (Wildman–Crippen LogP) is 4.54. The van der Waals surface area contributed by atoms with Crippen LogP contribution in [0.15, 0.2) is 58.1 Å². The fourth-order valence-corrected chi connectivity index (χ4v) is 5.67. The third-order valence-corrected chi connectivity index (χ3v) is 7.20. The molecule has 6 nitrogen and oxygen atoms in total. The van der Waals surface area contributed by atoms with Gasteiger partial charge in [0, 0.05) is 40.3 Å². The van der Waals surface area contributed by atoms with Crippen molar-refractivity contribution < 1.29 is 19.8 Å². The highest BCUT2D eigenvalue weighted by molar-refractivity contribution is 7.26. The Kier molecular flexibility index (Phi) is 3.96. The number of benzene rings is 3. The van der Waals surface area contributed by atoms with Crippen molar-refractivity contribution in [1.29, 1.82) is 0 Å². The molecule has 5 aromatic rings. The summed E-state index contributed by atoms with van der Waals surface area (Å²) < 4.78 is 2.37. The number of aromatic carboxylic acids is 2. The Hall–Kier alpha value is -3.62. The second-order valence-electron chi connectivity index (χ2n) is 6.74. The zero-order valence-electron chi connectivity index (χ0n) is 15.0. The minimum Gasteiger partial charge on any atom is -0.478 e. The van der Waals surface area contributed by atoms with Gasteiger partial charge in [-0.2, -0.15) is 0 Å². The molecule has 3 aromatic carbocycles. The topological polar surface area (TPSA) is 109 Å². The molecule has 0 atom stereocenters. The fraction of sp³-hybridized carbons (Fsp3) is 0. The summed E-state index contributed by atoms with van der Waals surface area (Å²) in [7, 11) is 0. The summed E-state index contributed by atoms with van der Waals surface area (Å²) >= 11 is 2.56. The number of carboxylic acid groups (broad SMARTS) is 2. The maximum absolute atomic E-state index is 13.1. The van der Waals surface area contributed by atoms with Crippen LogP contribution in [0.1, 0.15) is 20.7 Å². The van der Waals surface area contributed by atoms with Crippen molar-refractivity contribution in [2.24, 2.45) is 0 Å². The van der Waals surface area contributed by atoms with Crippen LogP contribution in [0.3, 0.4) is 0 Å². The molecule has 0 saturated heterocycles. The molecule has 0 fully saturated rings. The van der Waals surface area contributed by atoms with Gasteiger partial charge < -0.3 is 10.2 Å². The van der Waals surface area contributed by atoms with Crippen LogP contribution in [0.4, 0.5) is 0 Å². The van der Waals surface area contributed by atoms with Crippen molar-refractivity contribution in [3.8, 4) is 0 Å². The van der Waals surface area contributed by atoms with E-state index in [1.54, 1.807) is 18.2 Å². The van der Waals surface area contributed by atoms with Crippen LogP contribution < -0.4 is 10.9 Å². The summed E-state index contributed by atoms with van der Waals surface area (Å²) in [5.41, 5.74) is -0.414. The van der Waals surface area contributed by atoms with Crippen LogP contribution in [0.5, 0.6) is 0 Å². The first-order chi connectivity index (χ1) is 14.3. The van der Waals surface area contributed by atoms with Gasteiger partial charge in [0.1, 0.15) is 0 Å². The molecule has 0 bridgehead atoms. The Labute approximate surface area is 174 Å². The monoisotopic (exact) mass is 434 g/mol. The van der Waals surface area contributed by atoms with E-state index in [4.69, 9.17) is 0 Å². The Bertz CT molecular complexity index is 1690. The van der Waals surface area contributed by atoms with E-state index < -0.39 is 11.9 Å². The molecule has 2 heterocycles. The summed E-state index contributed by atoms with van der Waals surface area (Å²) in [4.78, 5) is 48.6. The van der Waals surface area contributed by atoms with Gasteiger partial charge in [0.05, 0.1) is 11.1 Å². The van der Waals surface area contributed by atoms with Crippen molar-refractivity contribution in [2.45, 2.75) is 0 Å². The zero-order chi connectivity index (χ0) is 21.2. The molecule has 30 heavy (non-hydrogen) atoms. The van der Waals surface area contributed by atoms with Crippen LogP contribution in [-0.4, -0.2) is 22.2 Å². The third kappa shape index (κ3) is 2.69. The minimum absolute atomic E-state index is 0.0313. The maximum atomic E-state index is 13.1. The van der Waals surface area contributed by atoms with E-state index in [0.29, 0.717) is 40.3 Å². The van der Waals surface area contributed by atoms with E-state index in [2.05, 4.69) is 0 Å². The fourth-order valence-electron chi connectivity index (χ4n) is 3.47. The standard InChI is InChI=1S/C22H10O6S2/c23-19-11-3-1-10(22(27)28)6-16(11)30-18-8-14-17(7-13(18)19)29-15-4-2-9(21(25)26)5-12(15)20(14)24/h1-8H,(H,25,26)(H,27,28). The lowest BCUT2D eigenvalue weighted by Crippen LogP contribution is -2.06. The highest BCUT2D eigenvalue weighted by Crippen LogP contribution is 2.32. The molecule has 2 aromatic heterocycles. The van der Waals surface area contributed by atoms with Gasteiger partial charge in [0.15, 0.2) is 10.9 Å². The first-order valence-corrected chi connectivity index (χ1v) is 10.3. The van der Waals surface area contributed by atoms with Crippen LogP contribution >= 0.6 is 22.7 Å². The number of carbonyl (C=O) groups is 2. The van der Waals surface area contributed by atoms with Crippen molar-refractivity contribution >= 4 is 75.0 Å². The highest BCUT2D eigenvalue weighted by Gasteiger charge is 2.14. The predicted molar refractivity (Wildman–Crippen MR) is 119 cm³/mol. The number of hydrogen-bond donors (Lipinski definition) is 2. The second-order valence-corrected chi connectivity index (χ2v) is 8.91. The van der Waals surface area contributed by atoms with E-state index in [1.165, 1.54) is 53.0 Å². The molecular formula is C22H10O6S2. The molecule has 2 N–H and O–H groups in total. The van der Waals surface area contributed by atoms with E-state index >= 15 is 0 Å². The lowest BCUT2D eigenvalue weighted by atomic mass is 10.1. The quantitative estimate of drug-likeness (QED) is 0.395. The molecule has 8 heteroatoms. The van der Waals surface area contributed by atoms with Gasteiger partial charge >= 0.3 is 11.9 Å². The van der Waals surface area contributed by atoms with Gasteiger partial charge in [-0.05, 0) is 48.5 Å². The number of carboxylic acids is 2. The Morgan fingerprint density at radius 1 is 0.567 bits per heavy atom. The van der Waals surface area contributed by atoms with Gasteiger partial charge in [-0.25, -0.2) is 9.59 Å². The molecule has 0 spiro atoms. The van der Waals surface area contributed by atoms with Crippen LogP contribution in [0.2, 0.25) is 0 Å². The average Bonchev–Trinajstić information content (AvgIpc) is 2.72. The van der Waals surface area contributed by atoms with E-state index in [-0.39, 0.29) is 22.0 Å². The van der Waals surface area contributed by atoms with Crippen molar-refractivity contribution in [2.75, 3.05) is 0 Å². The smallest absolute Gasteiger partial charge is 0.335 e. The van der Waals surface area contributed by atoms with Gasteiger partial charge in [0.2, 0.25) is 0 Å². The average molecular weight is 434 g/mol. The number of hydrogen-bond acceptors (Lipinski definition) is 6. The first kappa shape index (κ1) is 18.4. The first-order valence-electron chi connectivity index (χ1n) is 8.71. The molecule has 0 aliphatic rings. The van der Waals surface area contributed by atoms with E-state index in [1.807, 2.05) is 0 Å². The van der Waals surface area contributed by atoms with E-state index in [0.717, 1.165) is 0 Å². The molecule has 0 aliphatic carbocycles. The molecule has 0 unspecified atom stereocenters. The van der Waals surface area contributed by atoms with Crippen LogP contribution in [0.25, 0.3) is 40.3 Å². The number of rotatable bonds is 2. The van der Waals surface area contributed by atoms with Crippen LogP contribution in [0, 0.1) is 0 Å². The minimum atomic E-state index is -1.11. The summed E-state index contributed by atoms with van der Waals surface area (Å²) in [5.74, 6) is -2.20. The number of fused-ring (bicyclic) bond motifs is 4. The zero-order valence-corrected chi connectivity index (χ0v) is 16.6. The molecule has 0 saturated carbocycles. The maximum Gasteiger partial charge on any atom is 0.335 e. The molecule has 5 rings (SSSR count). The molecule has 0 radical (unpaired) electrons. The van der Waals surface area contributed by atoms with Crippen molar-refractivity contribution in [1.82, 2.24) is 0 Å². The van der Waals surface area contributed by atoms with Crippen LogP contribution in [-0.2, 0) is 0 Å². The van der Waals surface area contributed by atoms with Crippen molar-refractivity contribution in [3.05, 3.63) is 80.1 Å². The lowest BCUT2D eigenvalue weighted by molar-refractivity contribution is 0.0686. The van der Waals surface area contributed by atoms with E-state index in [9.17, 15) is 29.4 Å². The van der Waals surface area contributed by atoms with Crippen molar-refractivity contribution in [3.63, 3.8) is 0 Å². The Morgan fingerprint density at radius 2 is 1.03 bits per heavy atom. The second kappa shape index (κ2) is 6.45. The normalized spacial score (nSPS) is 11.5. The summed E-state index contributed by atoms with van der Waals surface area (Å²) in [6.45, 7) is 0. The van der Waals surface area contributed by atoms with Gasteiger partial charge in [-0.3, -0.25) is 9.59 Å². The van der Waals surface area contributed by atoms with Gasteiger partial charge in [0.25, 0.3) is 0 Å². The van der Waals surface area contributed by atoms with Gasteiger partial charge in [-0.1, -0.05) is 0 Å². The Morgan fingerprint density at radius 3 is 1.67 bits per heavy atom. The largest absolute Gasteiger partial charge is 0.478 e. The molecule has 0 aliphatic heterocycles. The molecule has 146 valence electrons.